The number of rotatable bonds is 4. The summed E-state index contributed by atoms with van der Waals surface area (Å²) in [6.45, 7) is 13.4. The number of Topliss-reactive ketones (excluding diaryl/α,β-unsaturated/α-hetero) is 1. The van der Waals surface area contributed by atoms with Crippen molar-refractivity contribution in [3.05, 3.63) is 24.3 Å². The smallest absolute Gasteiger partial charge is 0.144 e. The molecule has 0 atom stereocenters. The average Bonchev–Trinajstić information content (AvgIpc) is 1.99. The van der Waals surface area contributed by atoms with Gasteiger partial charge < -0.3 is 0 Å². The Morgan fingerprint density at radius 1 is 1.38 bits per heavy atom. The van der Waals surface area contributed by atoms with E-state index in [1.165, 1.54) is 0 Å². The Balaban J connectivity index is 4.57. The summed E-state index contributed by atoms with van der Waals surface area (Å²) in [7, 11) is 0. The van der Waals surface area contributed by atoms with Gasteiger partial charge in [0.25, 0.3) is 0 Å². The summed E-state index contributed by atoms with van der Waals surface area (Å²) in [6.07, 6.45) is 3.83. The van der Waals surface area contributed by atoms with Crippen LogP contribution in [0.15, 0.2) is 24.3 Å². The molecule has 0 aliphatic rings. The summed E-state index contributed by atoms with van der Waals surface area (Å²) < 4.78 is 0. The molecule has 0 N–H and O–H groups in total. The highest BCUT2D eigenvalue weighted by atomic mass is 16.1. The molecule has 0 unspecified atom stereocenters. The SMILES string of the molecule is C=C(C)/C=C/C(C)(C)C(=O)C(C)C. The molecule has 0 saturated carbocycles. The summed E-state index contributed by atoms with van der Waals surface area (Å²) in [5.41, 5.74) is 0.609. The van der Waals surface area contributed by atoms with Crippen molar-refractivity contribution in [1.82, 2.24) is 0 Å². The number of hydrogen-bond acceptors (Lipinski definition) is 1. The molecule has 0 radical (unpaired) electrons. The quantitative estimate of drug-likeness (QED) is 0.606. The molecule has 13 heavy (non-hydrogen) atoms. The molecule has 0 aromatic heterocycles. The molecule has 0 aromatic rings. The topological polar surface area (TPSA) is 17.1 Å². The number of carbonyl (C=O) groups excluding carboxylic acids is 1. The van der Waals surface area contributed by atoms with Gasteiger partial charge in [-0.05, 0) is 20.8 Å². The Morgan fingerprint density at radius 3 is 2.15 bits per heavy atom. The van der Waals surface area contributed by atoms with E-state index in [4.69, 9.17) is 0 Å². The van der Waals surface area contributed by atoms with Crippen molar-refractivity contribution in [1.29, 1.82) is 0 Å². The molecule has 0 bridgehead atoms. The molecular formula is C12H20O. The Bertz CT molecular complexity index is 232. The van der Waals surface area contributed by atoms with Crippen LogP contribution < -0.4 is 0 Å². The summed E-state index contributed by atoms with van der Waals surface area (Å²) in [5.74, 6) is 0.356. The van der Waals surface area contributed by atoms with Gasteiger partial charge in [-0.1, -0.05) is 38.2 Å². The maximum absolute atomic E-state index is 11.7. The van der Waals surface area contributed by atoms with Crippen molar-refractivity contribution in [2.24, 2.45) is 11.3 Å². The van der Waals surface area contributed by atoms with Gasteiger partial charge in [0.05, 0.1) is 0 Å². The molecule has 0 rings (SSSR count). The van der Waals surface area contributed by atoms with Crippen molar-refractivity contribution >= 4 is 5.78 Å². The third-order valence-corrected chi connectivity index (χ3v) is 1.94. The fourth-order valence-electron chi connectivity index (χ4n) is 1.18. The monoisotopic (exact) mass is 180 g/mol. The molecule has 0 aliphatic heterocycles. The van der Waals surface area contributed by atoms with E-state index in [2.05, 4.69) is 6.58 Å². The first-order chi connectivity index (χ1) is 5.77. The van der Waals surface area contributed by atoms with E-state index in [0.717, 1.165) is 5.57 Å². The normalized spacial score (nSPS) is 12.5. The maximum Gasteiger partial charge on any atom is 0.144 e. The fourth-order valence-corrected chi connectivity index (χ4v) is 1.18. The standard InChI is InChI=1S/C12H20O/c1-9(2)7-8-12(5,6)11(13)10(3)4/h7-8,10H,1H2,2-6H3/b8-7+. The minimum absolute atomic E-state index is 0.0878. The molecule has 0 fully saturated rings. The van der Waals surface area contributed by atoms with Gasteiger partial charge in [0.15, 0.2) is 0 Å². The van der Waals surface area contributed by atoms with Crippen LogP contribution in [0.25, 0.3) is 0 Å². The van der Waals surface area contributed by atoms with E-state index < -0.39 is 0 Å². The first-order valence-electron chi connectivity index (χ1n) is 4.66. The van der Waals surface area contributed by atoms with Crippen LogP contribution in [-0.2, 0) is 4.79 Å². The van der Waals surface area contributed by atoms with Gasteiger partial charge in [0, 0.05) is 11.3 Å². The summed E-state index contributed by atoms with van der Waals surface area (Å²) >= 11 is 0. The van der Waals surface area contributed by atoms with Gasteiger partial charge >= 0.3 is 0 Å². The van der Waals surface area contributed by atoms with E-state index in [1.54, 1.807) is 0 Å². The average molecular weight is 180 g/mol. The van der Waals surface area contributed by atoms with Crippen molar-refractivity contribution in [3.63, 3.8) is 0 Å². The van der Waals surface area contributed by atoms with Gasteiger partial charge in [0.2, 0.25) is 0 Å². The Morgan fingerprint density at radius 2 is 1.85 bits per heavy atom. The van der Waals surface area contributed by atoms with Gasteiger partial charge in [0.1, 0.15) is 5.78 Å². The molecule has 74 valence electrons. The van der Waals surface area contributed by atoms with Crippen LogP contribution in [0, 0.1) is 11.3 Å². The molecule has 0 heterocycles. The van der Waals surface area contributed by atoms with Crippen LogP contribution in [-0.4, -0.2) is 5.78 Å². The van der Waals surface area contributed by atoms with Crippen molar-refractivity contribution in [3.8, 4) is 0 Å². The lowest BCUT2D eigenvalue weighted by molar-refractivity contribution is -0.127. The van der Waals surface area contributed by atoms with Gasteiger partial charge in [-0.15, -0.1) is 0 Å². The maximum atomic E-state index is 11.7. The fraction of sp³-hybridized carbons (Fsp3) is 0.583. The lowest BCUT2D eigenvalue weighted by Gasteiger charge is -2.20. The van der Waals surface area contributed by atoms with E-state index in [9.17, 15) is 4.79 Å². The molecule has 1 heteroatoms. The van der Waals surface area contributed by atoms with Gasteiger partial charge in [-0.25, -0.2) is 0 Å². The second-order valence-corrected chi connectivity index (χ2v) is 4.42. The minimum Gasteiger partial charge on any atom is -0.298 e. The number of ketones is 1. The predicted octanol–water partition coefficient (Wildman–Crippen LogP) is 3.37. The van der Waals surface area contributed by atoms with E-state index in [0.29, 0.717) is 0 Å². The first kappa shape index (κ1) is 12.2. The largest absolute Gasteiger partial charge is 0.298 e. The zero-order valence-electron chi connectivity index (χ0n) is 9.35. The lowest BCUT2D eigenvalue weighted by atomic mass is 9.82. The molecule has 0 saturated heterocycles. The molecule has 0 aromatic carbocycles. The third kappa shape index (κ3) is 4.07. The Labute approximate surface area is 81.5 Å². The second kappa shape index (κ2) is 4.40. The number of allylic oxidation sites excluding steroid dienone is 3. The Kier molecular flexibility index (Phi) is 4.12. The van der Waals surface area contributed by atoms with Crippen LogP contribution >= 0.6 is 0 Å². The number of carbonyl (C=O) groups is 1. The van der Waals surface area contributed by atoms with E-state index in [1.807, 2.05) is 46.8 Å². The molecule has 0 amide bonds. The molecule has 1 nitrogen and oxygen atoms in total. The number of hydrogen-bond donors (Lipinski definition) is 0. The van der Waals surface area contributed by atoms with Crippen LogP contribution in [0.2, 0.25) is 0 Å². The molecule has 0 spiro atoms. The molecular weight excluding hydrogens is 160 g/mol. The predicted molar refractivity (Wildman–Crippen MR) is 57.6 cm³/mol. The zero-order valence-corrected chi connectivity index (χ0v) is 9.35. The summed E-state index contributed by atoms with van der Waals surface area (Å²) in [5, 5.41) is 0. The van der Waals surface area contributed by atoms with Crippen molar-refractivity contribution in [2.75, 3.05) is 0 Å². The second-order valence-electron chi connectivity index (χ2n) is 4.42. The highest BCUT2D eigenvalue weighted by Crippen LogP contribution is 2.23. The van der Waals surface area contributed by atoms with E-state index in [-0.39, 0.29) is 17.1 Å². The van der Waals surface area contributed by atoms with Gasteiger partial charge in [-0.2, -0.15) is 0 Å². The van der Waals surface area contributed by atoms with Crippen molar-refractivity contribution < 1.29 is 4.79 Å². The van der Waals surface area contributed by atoms with Gasteiger partial charge in [-0.3, -0.25) is 4.79 Å². The minimum atomic E-state index is -0.368. The zero-order chi connectivity index (χ0) is 10.6. The Hall–Kier alpha value is -0.850. The van der Waals surface area contributed by atoms with E-state index >= 15 is 0 Å². The summed E-state index contributed by atoms with van der Waals surface area (Å²) in [4.78, 5) is 11.7. The summed E-state index contributed by atoms with van der Waals surface area (Å²) in [6, 6.07) is 0. The van der Waals surface area contributed by atoms with Crippen molar-refractivity contribution in [2.45, 2.75) is 34.6 Å². The van der Waals surface area contributed by atoms with Crippen LogP contribution in [0.3, 0.4) is 0 Å². The third-order valence-electron chi connectivity index (χ3n) is 1.94. The van der Waals surface area contributed by atoms with Crippen LogP contribution in [0.5, 0.6) is 0 Å². The van der Waals surface area contributed by atoms with Crippen LogP contribution in [0.4, 0.5) is 0 Å². The first-order valence-corrected chi connectivity index (χ1v) is 4.66. The highest BCUT2D eigenvalue weighted by molar-refractivity contribution is 5.87. The molecule has 0 aliphatic carbocycles. The highest BCUT2D eigenvalue weighted by Gasteiger charge is 2.26. The lowest BCUT2D eigenvalue weighted by Crippen LogP contribution is -2.26. The van der Waals surface area contributed by atoms with Crippen LogP contribution in [0.1, 0.15) is 34.6 Å².